The number of benzene rings is 1. The van der Waals surface area contributed by atoms with Crippen molar-refractivity contribution in [1.29, 1.82) is 0 Å². The number of rotatable bonds is 3. The topological polar surface area (TPSA) is 12.9 Å². The number of hydrogen-bond donors (Lipinski definition) is 0. The van der Waals surface area contributed by atoms with Gasteiger partial charge in [-0.15, -0.1) is 0 Å². The summed E-state index contributed by atoms with van der Waals surface area (Å²) < 4.78 is 0. The van der Waals surface area contributed by atoms with Crippen LogP contribution in [0.3, 0.4) is 0 Å². The molecule has 1 nitrogen and oxygen atoms in total. The van der Waals surface area contributed by atoms with E-state index in [0.717, 1.165) is 11.1 Å². The average molecular weight is 360 g/mol. The molecule has 27 heavy (non-hydrogen) atoms. The van der Waals surface area contributed by atoms with E-state index in [0.29, 0.717) is 0 Å². The second kappa shape index (κ2) is 5.80. The van der Waals surface area contributed by atoms with Gasteiger partial charge in [0.15, 0.2) is 0 Å². The third-order valence-corrected chi connectivity index (χ3v) is 7.21. The maximum atomic E-state index is 4.87. The van der Waals surface area contributed by atoms with Crippen LogP contribution in [0.5, 0.6) is 0 Å². The van der Waals surface area contributed by atoms with E-state index in [2.05, 4.69) is 65.5 Å². The van der Waals surface area contributed by atoms with Crippen LogP contribution in [0, 0.1) is 6.92 Å². The van der Waals surface area contributed by atoms with Crippen molar-refractivity contribution in [3.8, 4) is 0 Å². The molecule has 0 amide bonds. The molecule has 2 aromatic rings. The number of aryl methyl sites for hydroxylation is 1. The molecule has 0 unspecified atom stereocenters. The first-order chi connectivity index (χ1) is 12.6. The summed E-state index contributed by atoms with van der Waals surface area (Å²) in [4.78, 5) is 4.87. The highest BCUT2D eigenvalue weighted by molar-refractivity contribution is 5.61. The van der Waals surface area contributed by atoms with E-state index in [4.69, 9.17) is 4.98 Å². The molecule has 142 valence electrons. The average Bonchev–Trinajstić information content (AvgIpc) is 3.40. The summed E-state index contributed by atoms with van der Waals surface area (Å²) in [7, 11) is 0. The van der Waals surface area contributed by atoms with Crippen LogP contribution in [0.4, 0.5) is 0 Å². The molecule has 1 heteroatoms. The predicted octanol–water partition coefficient (Wildman–Crippen LogP) is 6.85. The molecule has 4 rings (SSSR count). The molecule has 0 aliphatic heterocycles. The molecule has 1 aromatic carbocycles. The van der Waals surface area contributed by atoms with Gasteiger partial charge in [-0.2, -0.15) is 0 Å². The predicted molar refractivity (Wildman–Crippen MR) is 115 cm³/mol. The molecular weight excluding hydrogens is 326 g/mol. The summed E-state index contributed by atoms with van der Waals surface area (Å²) in [5.41, 5.74) is 10.1. The van der Waals surface area contributed by atoms with Gasteiger partial charge in [0.05, 0.1) is 5.69 Å². The van der Waals surface area contributed by atoms with Crippen LogP contribution in [0.2, 0.25) is 0 Å². The lowest BCUT2D eigenvalue weighted by atomic mass is 9.62. The van der Waals surface area contributed by atoms with Gasteiger partial charge < -0.3 is 0 Å². The van der Waals surface area contributed by atoms with E-state index < -0.39 is 0 Å². The van der Waals surface area contributed by atoms with Gasteiger partial charge in [-0.05, 0) is 89.8 Å². The zero-order chi connectivity index (χ0) is 19.6. The van der Waals surface area contributed by atoms with Gasteiger partial charge in [0.25, 0.3) is 0 Å². The summed E-state index contributed by atoms with van der Waals surface area (Å²) in [5, 5.41) is 0. The summed E-state index contributed by atoms with van der Waals surface area (Å²) in [5.74, 6) is 0. The standard InChI is InChI=1S/C26H33N/c1-17(2)19-8-9-23(27-16-19)26(12-13-26)20-15-22-21(14-18(20)3)24(4,5)10-11-25(22,6)7/h8-9,14-16H,1,10-13H2,2-7H3. The minimum absolute atomic E-state index is 0.115. The van der Waals surface area contributed by atoms with Crippen LogP contribution in [-0.4, -0.2) is 4.98 Å². The monoisotopic (exact) mass is 359 g/mol. The number of pyridine rings is 1. The first-order valence-electron chi connectivity index (χ1n) is 10.4. The molecule has 0 N–H and O–H groups in total. The number of nitrogens with zero attached hydrogens (tertiary/aromatic N) is 1. The Kier molecular flexibility index (Phi) is 3.97. The van der Waals surface area contributed by atoms with Gasteiger partial charge in [0, 0.05) is 11.6 Å². The first kappa shape index (κ1) is 18.5. The lowest BCUT2D eigenvalue weighted by molar-refractivity contribution is 0.331. The highest BCUT2D eigenvalue weighted by Gasteiger charge is 2.49. The molecule has 0 spiro atoms. The van der Waals surface area contributed by atoms with Crippen LogP contribution < -0.4 is 0 Å². The second-order valence-corrected chi connectivity index (χ2v) is 10.3. The Morgan fingerprint density at radius 1 is 0.889 bits per heavy atom. The van der Waals surface area contributed by atoms with Crippen LogP contribution in [0.1, 0.15) is 93.8 Å². The summed E-state index contributed by atoms with van der Waals surface area (Å²) in [6.07, 6.45) is 6.93. The summed E-state index contributed by atoms with van der Waals surface area (Å²) >= 11 is 0. The Morgan fingerprint density at radius 2 is 1.48 bits per heavy atom. The number of hydrogen-bond acceptors (Lipinski definition) is 1. The highest BCUT2D eigenvalue weighted by Crippen LogP contribution is 2.56. The SMILES string of the molecule is C=C(C)c1ccc(C2(c3cc4c(cc3C)C(C)(C)CCC4(C)C)CC2)nc1. The quantitative estimate of drug-likeness (QED) is 0.584. The Labute approximate surface area is 164 Å². The van der Waals surface area contributed by atoms with Crippen LogP contribution in [-0.2, 0) is 16.2 Å². The van der Waals surface area contributed by atoms with E-state index in [1.807, 2.05) is 13.1 Å². The van der Waals surface area contributed by atoms with Crippen molar-refractivity contribution >= 4 is 5.57 Å². The third-order valence-electron chi connectivity index (χ3n) is 7.21. The van der Waals surface area contributed by atoms with Gasteiger partial charge in [0.1, 0.15) is 0 Å². The van der Waals surface area contributed by atoms with Gasteiger partial charge in [-0.25, -0.2) is 0 Å². The van der Waals surface area contributed by atoms with Crippen molar-refractivity contribution in [2.75, 3.05) is 0 Å². The Hall–Kier alpha value is -1.89. The lowest BCUT2D eigenvalue weighted by Gasteiger charge is -2.43. The smallest absolute Gasteiger partial charge is 0.0509 e. The first-order valence-corrected chi connectivity index (χ1v) is 10.4. The normalized spacial score (nSPS) is 21.4. The van der Waals surface area contributed by atoms with Crippen molar-refractivity contribution in [3.05, 3.63) is 70.6 Å². The Morgan fingerprint density at radius 3 is 1.96 bits per heavy atom. The van der Waals surface area contributed by atoms with Crippen LogP contribution >= 0.6 is 0 Å². The molecule has 1 saturated carbocycles. The van der Waals surface area contributed by atoms with Gasteiger partial charge in [-0.1, -0.05) is 52.5 Å². The molecule has 1 fully saturated rings. The van der Waals surface area contributed by atoms with Crippen LogP contribution in [0.15, 0.2) is 37.0 Å². The molecule has 0 saturated heterocycles. The number of fused-ring (bicyclic) bond motifs is 1. The minimum Gasteiger partial charge on any atom is -0.260 e. The highest BCUT2D eigenvalue weighted by atomic mass is 14.7. The summed E-state index contributed by atoms with van der Waals surface area (Å²) in [6.45, 7) is 18.0. The van der Waals surface area contributed by atoms with Crippen molar-refractivity contribution < 1.29 is 0 Å². The van der Waals surface area contributed by atoms with Crippen LogP contribution in [0.25, 0.3) is 5.57 Å². The van der Waals surface area contributed by atoms with Gasteiger partial charge >= 0.3 is 0 Å². The van der Waals surface area contributed by atoms with Crippen molar-refractivity contribution in [3.63, 3.8) is 0 Å². The van der Waals surface area contributed by atoms with E-state index in [-0.39, 0.29) is 16.2 Å². The minimum atomic E-state index is 0.115. The van der Waals surface area contributed by atoms with Crippen molar-refractivity contribution in [2.45, 2.75) is 83.5 Å². The van der Waals surface area contributed by atoms with E-state index in [1.54, 1.807) is 11.1 Å². The van der Waals surface area contributed by atoms with E-state index in [9.17, 15) is 0 Å². The Bertz CT molecular complexity index is 908. The molecule has 0 bridgehead atoms. The van der Waals surface area contributed by atoms with Crippen molar-refractivity contribution in [1.82, 2.24) is 4.98 Å². The third kappa shape index (κ3) is 2.87. The maximum Gasteiger partial charge on any atom is 0.0509 e. The van der Waals surface area contributed by atoms with Gasteiger partial charge in [-0.3, -0.25) is 4.98 Å². The fraction of sp³-hybridized carbons (Fsp3) is 0.500. The molecule has 2 aliphatic rings. The van der Waals surface area contributed by atoms with Gasteiger partial charge in [0.2, 0.25) is 0 Å². The maximum absolute atomic E-state index is 4.87. The van der Waals surface area contributed by atoms with Crippen molar-refractivity contribution in [2.24, 2.45) is 0 Å². The number of aromatic nitrogens is 1. The molecule has 0 atom stereocenters. The summed E-state index contributed by atoms with van der Waals surface area (Å²) in [6, 6.07) is 9.46. The van der Waals surface area contributed by atoms with E-state index in [1.165, 1.54) is 42.5 Å². The number of allylic oxidation sites excluding steroid dienone is 1. The zero-order valence-electron chi connectivity index (χ0n) is 17.9. The molecule has 1 aromatic heterocycles. The Balaban J connectivity index is 1.84. The molecule has 0 radical (unpaired) electrons. The largest absolute Gasteiger partial charge is 0.260 e. The molecule has 1 heterocycles. The van der Waals surface area contributed by atoms with E-state index >= 15 is 0 Å². The molecular formula is C26H33N. The molecule has 2 aliphatic carbocycles. The fourth-order valence-corrected chi connectivity index (χ4v) is 4.96. The second-order valence-electron chi connectivity index (χ2n) is 10.3. The lowest BCUT2D eigenvalue weighted by Crippen LogP contribution is -2.34. The fourth-order valence-electron chi connectivity index (χ4n) is 4.96. The zero-order valence-corrected chi connectivity index (χ0v) is 17.9.